The molecule has 0 spiro atoms. The Bertz CT molecular complexity index is 224. The molecule has 1 unspecified atom stereocenters. The van der Waals surface area contributed by atoms with Gasteiger partial charge in [0.2, 0.25) is 0 Å². The molecule has 72 valence electrons. The van der Waals surface area contributed by atoms with Crippen molar-refractivity contribution >= 4 is 22.1 Å². The number of hydrogen-bond donors (Lipinski definition) is 1. The molecule has 1 atom stereocenters. The molecule has 7 heteroatoms. The monoisotopic (exact) mass is 233 g/mol. The Morgan fingerprint density at radius 3 is 2.62 bits per heavy atom. The maximum atomic E-state index is 10.3. The first-order valence-corrected chi connectivity index (χ1v) is 6.45. The van der Waals surface area contributed by atoms with Gasteiger partial charge in [-0.25, -0.2) is 13.1 Å². The summed E-state index contributed by atoms with van der Waals surface area (Å²) in [5.41, 5.74) is 0. The summed E-state index contributed by atoms with van der Waals surface area (Å²) in [5.74, 6) is 2.00. The third-order valence-corrected chi connectivity index (χ3v) is 3.49. The molecule has 1 saturated heterocycles. The first-order valence-electron chi connectivity index (χ1n) is 3.89. The maximum absolute atomic E-state index is 10.3. The second kappa shape index (κ2) is 6.66. The Hall–Kier alpha value is 1.22. The minimum absolute atomic E-state index is 0. The summed E-state index contributed by atoms with van der Waals surface area (Å²) in [6, 6.07) is -0.137. The molecule has 1 heterocycles. The first-order chi connectivity index (χ1) is 5.58. The van der Waals surface area contributed by atoms with Gasteiger partial charge in [0.1, 0.15) is 0 Å². The molecule has 1 N–H and O–H groups in total. The van der Waals surface area contributed by atoms with Crippen LogP contribution in [0.1, 0.15) is 19.3 Å². The summed E-state index contributed by atoms with van der Waals surface area (Å²) in [7, 11) is -4.25. The number of nitrogens with one attached hydrogen (secondary N) is 1. The fourth-order valence-electron chi connectivity index (χ4n) is 1.23. The molecule has 0 aliphatic carbocycles. The van der Waals surface area contributed by atoms with Crippen LogP contribution in [-0.2, 0) is 10.3 Å². The summed E-state index contributed by atoms with van der Waals surface area (Å²) < 4.78 is 33.1. The Morgan fingerprint density at radius 1 is 1.31 bits per heavy atom. The molecular weight excluding hydrogens is 221 g/mol. The molecule has 0 saturated carbocycles. The number of thioether (sulfide) groups is 1. The van der Waals surface area contributed by atoms with Crippen LogP contribution >= 0.6 is 11.8 Å². The molecule has 0 amide bonds. The minimum atomic E-state index is -4.25. The van der Waals surface area contributed by atoms with Gasteiger partial charge in [-0.15, -0.1) is 0 Å². The molecule has 0 aromatic rings. The zero-order chi connectivity index (χ0) is 9.03. The second-order valence-electron chi connectivity index (χ2n) is 2.81. The van der Waals surface area contributed by atoms with Gasteiger partial charge in [-0.3, -0.25) is 0 Å². The van der Waals surface area contributed by atoms with Crippen LogP contribution in [0.15, 0.2) is 0 Å². The van der Waals surface area contributed by atoms with Crippen LogP contribution in [0, 0.1) is 0 Å². The quantitative estimate of drug-likeness (QED) is 0.417. The SMILES string of the molecule is O=S(=O)([O-])NC1CCCSCC1.[Na+]. The molecule has 1 aliphatic heterocycles. The van der Waals surface area contributed by atoms with Crippen LogP contribution in [0.4, 0.5) is 0 Å². The molecule has 0 radical (unpaired) electrons. The summed E-state index contributed by atoms with van der Waals surface area (Å²) in [6.45, 7) is 0. The Kier molecular flexibility index (Phi) is 7.28. The molecule has 13 heavy (non-hydrogen) atoms. The van der Waals surface area contributed by atoms with Gasteiger partial charge in [0.15, 0.2) is 10.3 Å². The summed E-state index contributed by atoms with van der Waals surface area (Å²) in [6.07, 6.45) is 2.54. The molecule has 0 bridgehead atoms. The van der Waals surface area contributed by atoms with Crippen molar-refractivity contribution in [2.75, 3.05) is 11.5 Å². The number of hydrogen-bond acceptors (Lipinski definition) is 4. The van der Waals surface area contributed by atoms with E-state index in [-0.39, 0.29) is 35.6 Å². The molecule has 1 aliphatic rings. The average Bonchev–Trinajstić information content (AvgIpc) is 2.12. The van der Waals surface area contributed by atoms with Crippen LogP contribution in [0.2, 0.25) is 0 Å². The molecular formula is C6H12NNaO3S2. The van der Waals surface area contributed by atoms with Crippen molar-refractivity contribution in [1.82, 2.24) is 4.72 Å². The maximum Gasteiger partial charge on any atom is 1.00 e. The molecule has 1 fully saturated rings. The van der Waals surface area contributed by atoms with E-state index < -0.39 is 10.3 Å². The van der Waals surface area contributed by atoms with E-state index in [9.17, 15) is 13.0 Å². The molecule has 0 aromatic heterocycles. The van der Waals surface area contributed by atoms with Crippen molar-refractivity contribution < 1.29 is 42.5 Å². The van der Waals surface area contributed by atoms with Crippen molar-refractivity contribution in [3.05, 3.63) is 0 Å². The van der Waals surface area contributed by atoms with Gasteiger partial charge in [0, 0.05) is 6.04 Å². The second-order valence-corrected chi connectivity index (χ2v) is 5.18. The predicted octanol–water partition coefficient (Wildman–Crippen LogP) is -2.67. The van der Waals surface area contributed by atoms with E-state index in [1.54, 1.807) is 0 Å². The zero-order valence-corrected chi connectivity index (χ0v) is 11.3. The zero-order valence-electron chi connectivity index (χ0n) is 7.65. The summed E-state index contributed by atoms with van der Waals surface area (Å²) in [5, 5.41) is 0. The standard InChI is InChI=1S/C6H13NO3S2.Na/c8-12(9,10)7-6-2-1-4-11-5-3-6;/h6-7H,1-5H2,(H,8,9,10);/q;+1/p-1. The third kappa shape index (κ3) is 7.18. The normalized spacial score (nSPS) is 24.5. The smallest absolute Gasteiger partial charge is 0.735 e. The summed E-state index contributed by atoms with van der Waals surface area (Å²) in [4.78, 5) is 0. The van der Waals surface area contributed by atoms with E-state index in [0.717, 1.165) is 30.8 Å². The van der Waals surface area contributed by atoms with Gasteiger partial charge >= 0.3 is 29.6 Å². The van der Waals surface area contributed by atoms with Crippen LogP contribution < -0.4 is 34.3 Å². The first kappa shape index (κ1) is 14.2. The van der Waals surface area contributed by atoms with Gasteiger partial charge in [0.05, 0.1) is 0 Å². The van der Waals surface area contributed by atoms with E-state index in [0.29, 0.717) is 0 Å². The molecule has 1 rings (SSSR count). The van der Waals surface area contributed by atoms with Crippen LogP contribution in [0.25, 0.3) is 0 Å². The molecule has 4 nitrogen and oxygen atoms in total. The van der Waals surface area contributed by atoms with Crippen molar-refractivity contribution in [3.8, 4) is 0 Å². The van der Waals surface area contributed by atoms with Crippen molar-refractivity contribution in [2.24, 2.45) is 0 Å². The topological polar surface area (TPSA) is 69.2 Å². The average molecular weight is 233 g/mol. The van der Waals surface area contributed by atoms with Gasteiger partial charge in [-0.1, -0.05) is 0 Å². The third-order valence-electron chi connectivity index (χ3n) is 1.76. The van der Waals surface area contributed by atoms with Crippen LogP contribution in [0.5, 0.6) is 0 Å². The van der Waals surface area contributed by atoms with E-state index in [2.05, 4.69) is 4.72 Å². The van der Waals surface area contributed by atoms with E-state index in [1.165, 1.54) is 0 Å². The minimum Gasteiger partial charge on any atom is -0.735 e. The van der Waals surface area contributed by atoms with E-state index >= 15 is 0 Å². The largest absolute Gasteiger partial charge is 1.00 e. The summed E-state index contributed by atoms with van der Waals surface area (Å²) >= 11 is 1.81. The fraction of sp³-hybridized carbons (Fsp3) is 1.00. The van der Waals surface area contributed by atoms with Gasteiger partial charge < -0.3 is 4.55 Å². The Labute approximate surface area is 105 Å². The van der Waals surface area contributed by atoms with E-state index in [4.69, 9.17) is 0 Å². The van der Waals surface area contributed by atoms with Crippen LogP contribution in [0.3, 0.4) is 0 Å². The van der Waals surface area contributed by atoms with Crippen LogP contribution in [-0.4, -0.2) is 30.5 Å². The molecule has 0 aromatic carbocycles. The number of rotatable bonds is 2. The fourth-order valence-corrected chi connectivity index (χ4v) is 2.90. The Morgan fingerprint density at radius 2 is 2.00 bits per heavy atom. The van der Waals surface area contributed by atoms with E-state index in [1.807, 2.05) is 11.8 Å². The van der Waals surface area contributed by atoms with Gasteiger partial charge in [-0.05, 0) is 30.8 Å². The Balaban J connectivity index is 0.00000144. The van der Waals surface area contributed by atoms with Crippen molar-refractivity contribution in [3.63, 3.8) is 0 Å². The van der Waals surface area contributed by atoms with Crippen molar-refractivity contribution in [2.45, 2.75) is 25.3 Å². The van der Waals surface area contributed by atoms with Gasteiger partial charge in [-0.2, -0.15) is 11.8 Å². The predicted molar refractivity (Wildman–Crippen MR) is 47.8 cm³/mol. The van der Waals surface area contributed by atoms with Crippen molar-refractivity contribution in [1.29, 1.82) is 0 Å². The van der Waals surface area contributed by atoms with Gasteiger partial charge in [0.25, 0.3) is 0 Å².